The second-order valence-electron chi connectivity index (χ2n) is 5.87. The van der Waals surface area contributed by atoms with Crippen LogP contribution in [0.1, 0.15) is 39.5 Å². The maximum Gasteiger partial charge on any atom is 0.328 e. The van der Waals surface area contributed by atoms with E-state index in [0.29, 0.717) is 25.7 Å². The SMILES string of the molecule is COC(=O)C(CC(C)C)NC(=O)NC1CCC(C(=O)O)C1. The number of hydrogen-bond acceptors (Lipinski definition) is 4. The fourth-order valence-corrected chi connectivity index (χ4v) is 2.55. The van der Waals surface area contributed by atoms with Crippen LogP contribution in [0.2, 0.25) is 0 Å². The van der Waals surface area contributed by atoms with Gasteiger partial charge in [-0.3, -0.25) is 4.79 Å². The van der Waals surface area contributed by atoms with Gasteiger partial charge in [0.15, 0.2) is 0 Å². The van der Waals surface area contributed by atoms with Crippen molar-refractivity contribution in [3.05, 3.63) is 0 Å². The minimum absolute atomic E-state index is 0.163. The van der Waals surface area contributed by atoms with Crippen molar-refractivity contribution < 1.29 is 24.2 Å². The van der Waals surface area contributed by atoms with Crippen LogP contribution in [-0.2, 0) is 14.3 Å². The number of nitrogens with one attached hydrogen (secondary N) is 2. The predicted molar refractivity (Wildman–Crippen MR) is 75.7 cm³/mol. The fourth-order valence-electron chi connectivity index (χ4n) is 2.55. The molecule has 0 aromatic carbocycles. The lowest BCUT2D eigenvalue weighted by Gasteiger charge is -2.20. The largest absolute Gasteiger partial charge is 0.481 e. The topological polar surface area (TPSA) is 105 Å². The van der Waals surface area contributed by atoms with Crippen LogP contribution in [0.4, 0.5) is 4.79 Å². The molecule has 1 fully saturated rings. The smallest absolute Gasteiger partial charge is 0.328 e. The van der Waals surface area contributed by atoms with E-state index in [0.717, 1.165) is 0 Å². The molecule has 2 amide bonds. The van der Waals surface area contributed by atoms with E-state index in [4.69, 9.17) is 5.11 Å². The molecule has 1 aliphatic rings. The van der Waals surface area contributed by atoms with Gasteiger partial charge < -0.3 is 20.5 Å². The van der Waals surface area contributed by atoms with E-state index in [1.54, 1.807) is 0 Å². The van der Waals surface area contributed by atoms with E-state index in [-0.39, 0.29) is 12.0 Å². The zero-order valence-electron chi connectivity index (χ0n) is 12.7. The number of carbonyl (C=O) groups excluding carboxylic acids is 2. The highest BCUT2D eigenvalue weighted by molar-refractivity contribution is 5.83. The fraction of sp³-hybridized carbons (Fsp3) is 0.786. The number of methoxy groups -OCH3 is 1. The predicted octanol–water partition coefficient (Wildman–Crippen LogP) is 1.13. The van der Waals surface area contributed by atoms with Crippen molar-refractivity contribution in [2.45, 2.75) is 51.6 Å². The van der Waals surface area contributed by atoms with E-state index in [1.165, 1.54) is 7.11 Å². The molecule has 1 aliphatic carbocycles. The van der Waals surface area contributed by atoms with Crippen LogP contribution < -0.4 is 10.6 Å². The summed E-state index contributed by atoms with van der Waals surface area (Å²) >= 11 is 0. The number of carbonyl (C=O) groups is 3. The van der Waals surface area contributed by atoms with Gasteiger partial charge in [0.1, 0.15) is 6.04 Å². The molecule has 1 rings (SSSR count). The van der Waals surface area contributed by atoms with Gasteiger partial charge in [-0.25, -0.2) is 9.59 Å². The van der Waals surface area contributed by atoms with E-state index >= 15 is 0 Å². The molecule has 21 heavy (non-hydrogen) atoms. The molecule has 3 atom stereocenters. The van der Waals surface area contributed by atoms with Crippen LogP contribution in [0.3, 0.4) is 0 Å². The molecule has 0 aromatic rings. The Hall–Kier alpha value is -1.79. The first-order valence-electron chi connectivity index (χ1n) is 7.21. The quantitative estimate of drug-likeness (QED) is 0.638. The van der Waals surface area contributed by atoms with Crippen molar-refractivity contribution >= 4 is 18.0 Å². The molecule has 1 saturated carbocycles. The number of carboxylic acids is 1. The first-order valence-corrected chi connectivity index (χ1v) is 7.21. The van der Waals surface area contributed by atoms with Crippen molar-refractivity contribution in [1.82, 2.24) is 10.6 Å². The van der Waals surface area contributed by atoms with Crippen LogP contribution in [0, 0.1) is 11.8 Å². The third-order valence-corrected chi connectivity index (χ3v) is 3.62. The third kappa shape index (κ3) is 5.61. The van der Waals surface area contributed by atoms with Crippen molar-refractivity contribution in [3.8, 4) is 0 Å². The molecule has 0 bridgehead atoms. The maximum absolute atomic E-state index is 11.9. The summed E-state index contributed by atoms with van der Waals surface area (Å²) < 4.78 is 4.67. The Labute approximate surface area is 124 Å². The van der Waals surface area contributed by atoms with Gasteiger partial charge >= 0.3 is 18.0 Å². The number of amides is 2. The van der Waals surface area contributed by atoms with Gasteiger partial charge in [0, 0.05) is 6.04 Å². The molecular weight excluding hydrogens is 276 g/mol. The molecule has 0 spiro atoms. The Morgan fingerprint density at radius 2 is 1.95 bits per heavy atom. The van der Waals surface area contributed by atoms with Gasteiger partial charge in [0.25, 0.3) is 0 Å². The van der Waals surface area contributed by atoms with Gasteiger partial charge in [-0.1, -0.05) is 13.8 Å². The Kier molecular flexibility index (Phi) is 6.45. The molecular formula is C14H24N2O5. The summed E-state index contributed by atoms with van der Waals surface area (Å²) in [6.07, 6.45) is 2.11. The maximum atomic E-state index is 11.9. The second-order valence-corrected chi connectivity index (χ2v) is 5.87. The van der Waals surface area contributed by atoms with Crippen molar-refractivity contribution in [2.24, 2.45) is 11.8 Å². The first kappa shape index (κ1) is 17.3. The summed E-state index contributed by atoms with van der Waals surface area (Å²) in [6.45, 7) is 3.90. The van der Waals surface area contributed by atoms with E-state index in [9.17, 15) is 14.4 Å². The van der Waals surface area contributed by atoms with E-state index in [1.807, 2.05) is 13.8 Å². The van der Waals surface area contributed by atoms with Crippen LogP contribution in [0.25, 0.3) is 0 Å². The van der Waals surface area contributed by atoms with Crippen molar-refractivity contribution in [1.29, 1.82) is 0 Å². The molecule has 3 unspecified atom stereocenters. The van der Waals surface area contributed by atoms with Crippen molar-refractivity contribution in [2.75, 3.05) is 7.11 Å². The molecule has 7 nitrogen and oxygen atoms in total. The lowest BCUT2D eigenvalue weighted by atomic mass is 10.0. The normalized spacial score (nSPS) is 22.7. The summed E-state index contributed by atoms with van der Waals surface area (Å²) in [7, 11) is 1.28. The number of esters is 1. The summed E-state index contributed by atoms with van der Waals surface area (Å²) in [6, 6.07) is -1.31. The van der Waals surface area contributed by atoms with Crippen LogP contribution in [-0.4, -0.2) is 42.3 Å². The monoisotopic (exact) mass is 300 g/mol. The summed E-state index contributed by atoms with van der Waals surface area (Å²) in [5.41, 5.74) is 0. The molecule has 0 aromatic heterocycles. The molecule has 0 aliphatic heterocycles. The van der Waals surface area contributed by atoms with Crippen LogP contribution in [0.5, 0.6) is 0 Å². The first-order chi connectivity index (χ1) is 9.83. The molecule has 3 N–H and O–H groups in total. The van der Waals surface area contributed by atoms with Gasteiger partial charge in [-0.2, -0.15) is 0 Å². The summed E-state index contributed by atoms with van der Waals surface area (Å²) in [5.74, 6) is -1.47. The Morgan fingerprint density at radius 3 is 2.43 bits per heavy atom. The Bertz CT molecular complexity index is 397. The zero-order valence-corrected chi connectivity index (χ0v) is 12.7. The standard InChI is InChI=1S/C14H24N2O5/c1-8(2)6-11(13(19)21-3)16-14(20)15-10-5-4-9(7-10)12(17)18/h8-11H,4-7H2,1-3H3,(H,17,18)(H2,15,16,20). The van der Waals surface area contributed by atoms with E-state index in [2.05, 4.69) is 15.4 Å². The van der Waals surface area contributed by atoms with Gasteiger partial charge in [0.05, 0.1) is 13.0 Å². The summed E-state index contributed by atoms with van der Waals surface area (Å²) in [5, 5.41) is 14.2. The number of aliphatic carboxylic acids is 1. The molecule has 0 radical (unpaired) electrons. The molecule has 0 heterocycles. The van der Waals surface area contributed by atoms with Gasteiger partial charge in [-0.15, -0.1) is 0 Å². The molecule has 120 valence electrons. The number of hydrogen-bond donors (Lipinski definition) is 3. The minimum atomic E-state index is -0.827. The third-order valence-electron chi connectivity index (χ3n) is 3.62. The lowest BCUT2D eigenvalue weighted by molar-refractivity contribution is -0.143. The van der Waals surface area contributed by atoms with Crippen LogP contribution >= 0.6 is 0 Å². The van der Waals surface area contributed by atoms with Gasteiger partial charge in [0.2, 0.25) is 0 Å². The zero-order chi connectivity index (χ0) is 16.0. The minimum Gasteiger partial charge on any atom is -0.481 e. The highest BCUT2D eigenvalue weighted by atomic mass is 16.5. The number of carboxylic acid groups (broad SMARTS) is 1. The number of rotatable bonds is 6. The second kappa shape index (κ2) is 7.85. The number of ether oxygens (including phenoxy) is 1. The molecule has 0 saturated heterocycles. The van der Waals surface area contributed by atoms with Crippen molar-refractivity contribution in [3.63, 3.8) is 0 Å². The van der Waals surface area contributed by atoms with Crippen LogP contribution in [0.15, 0.2) is 0 Å². The Balaban J connectivity index is 2.47. The molecule has 7 heteroatoms. The Morgan fingerprint density at radius 1 is 1.29 bits per heavy atom. The lowest BCUT2D eigenvalue weighted by Crippen LogP contribution is -2.49. The highest BCUT2D eigenvalue weighted by Crippen LogP contribution is 2.25. The average Bonchev–Trinajstić information content (AvgIpc) is 2.85. The summed E-state index contributed by atoms with van der Waals surface area (Å²) in [4.78, 5) is 34.4. The van der Waals surface area contributed by atoms with E-state index < -0.39 is 29.9 Å². The average molecular weight is 300 g/mol. The van der Waals surface area contributed by atoms with Gasteiger partial charge in [-0.05, 0) is 31.6 Å². The number of urea groups is 1. The highest BCUT2D eigenvalue weighted by Gasteiger charge is 2.31.